The molecule has 0 saturated heterocycles. The van der Waals surface area contributed by atoms with Crippen molar-refractivity contribution in [3.63, 3.8) is 0 Å². The van der Waals surface area contributed by atoms with Crippen LogP contribution in [0.5, 0.6) is 5.75 Å². The van der Waals surface area contributed by atoms with Crippen molar-refractivity contribution in [3.8, 4) is 17.0 Å². The van der Waals surface area contributed by atoms with Crippen LogP contribution < -0.4 is 9.64 Å². The first-order valence-electron chi connectivity index (χ1n) is 11.6. The summed E-state index contributed by atoms with van der Waals surface area (Å²) in [4.78, 5) is 19.1. The van der Waals surface area contributed by atoms with Crippen LogP contribution in [0.25, 0.3) is 16.8 Å². The van der Waals surface area contributed by atoms with E-state index in [1.807, 2.05) is 26.0 Å². The molecule has 0 fully saturated rings. The number of hydrogen-bond donors (Lipinski definition) is 1. The zero-order valence-corrected chi connectivity index (χ0v) is 21.5. The number of ether oxygens (including phenoxy) is 2. The molecule has 8 heteroatoms. The highest BCUT2D eigenvalue weighted by Crippen LogP contribution is 2.41. The standard InChI is InChI=1S/C27H31ClFN3O3/c1-6-8-17(16-30)13-18(7-2)20-15-23(21-14-19(28)9-10-22(21)29)31-25-24(20)34-12-11-32(25)26(33)35-27(3,4)5/h7,9-10,13-16,30H,6,8,11-12H2,1-5H3/b17-13-,18-7+,30-16?. The fourth-order valence-electron chi connectivity index (χ4n) is 3.72. The molecule has 1 aliphatic heterocycles. The minimum Gasteiger partial charge on any atom is -0.487 e. The molecule has 0 spiro atoms. The summed E-state index contributed by atoms with van der Waals surface area (Å²) in [6.07, 6.45) is 6.17. The van der Waals surface area contributed by atoms with E-state index in [9.17, 15) is 9.18 Å². The van der Waals surface area contributed by atoms with E-state index < -0.39 is 17.5 Å². The number of nitrogens with zero attached hydrogens (tertiary/aromatic N) is 2. The van der Waals surface area contributed by atoms with Gasteiger partial charge in [0.05, 0.1) is 12.2 Å². The van der Waals surface area contributed by atoms with Gasteiger partial charge in [-0.1, -0.05) is 31.0 Å². The molecule has 3 rings (SSSR count). The van der Waals surface area contributed by atoms with E-state index in [0.29, 0.717) is 22.0 Å². The van der Waals surface area contributed by atoms with Crippen LogP contribution >= 0.6 is 11.6 Å². The molecule has 0 radical (unpaired) electrons. The van der Waals surface area contributed by atoms with Crippen LogP contribution in [0.1, 0.15) is 53.0 Å². The number of fused-ring (bicyclic) bond motifs is 1. The molecule has 0 unspecified atom stereocenters. The van der Waals surface area contributed by atoms with E-state index >= 15 is 0 Å². The molecular formula is C27H31ClFN3O3. The van der Waals surface area contributed by atoms with Crippen LogP contribution in [0, 0.1) is 11.2 Å². The van der Waals surface area contributed by atoms with Crippen LogP contribution in [0.15, 0.2) is 42.0 Å². The van der Waals surface area contributed by atoms with Crippen molar-refractivity contribution in [3.05, 3.63) is 58.4 Å². The molecule has 0 saturated carbocycles. The first-order valence-corrected chi connectivity index (χ1v) is 12.0. The Morgan fingerprint density at radius 2 is 2.09 bits per heavy atom. The molecule has 0 atom stereocenters. The summed E-state index contributed by atoms with van der Waals surface area (Å²) in [6.45, 7) is 9.77. The van der Waals surface area contributed by atoms with Crippen molar-refractivity contribution in [2.75, 3.05) is 18.1 Å². The molecule has 0 aliphatic carbocycles. The van der Waals surface area contributed by atoms with E-state index in [0.717, 1.165) is 24.0 Å². The van der Waals surface area contributed by atoms with Crippen LogP contribution in [0.3, 0.4) is 0 Å². The average Bonchev–Trinajstić information content (AvgIpc) is 2.81. The highest BCUT2D eigenvalue weighted by molar-refractivity contribution is 6.30. The van der Waals surface area contributed by atoms with Crippen molar-refractivity contribution >= 4 is 35.3 Å². The third-order valence-corrected chi connectivity index (χ3v) is 5.51. The third-order valence-electron chi connectivity index (χ3n) is 5.28. The number of aromatic nitrogens is 1. The fraction of sp³-hybridized carbons (Fsp3) is 0.370. The lowest BCUT2D eigenvalue weighted by atomic mass is 9.98. The van der Waals surface area contributed by atoms with Gasteiger partial charge in [-0.15, -0.1) is 0 Å². The molecule has 2 aromatic rings. The Kier molecular flexibility index (Phi) is 8.33. The van der Waals surface area contributed by atoms with Gasteiger partial charge in [0.2, 0.25) is 0 Å². The van der Waals surface area contributed by atoms with Crippen LogP contribution in [-0.2, 0) is 4.74 Å². The maximum Gasteiger partial charge on any atom is 0.416 e. The Morgan fingerprint density at radius 1 is 1.34 bits per heavy atom. The molecule has 35 heavy (non-hydrogen) atoms. The highest BCUT2D eigenvalue weighted by Gasteiger charge is 2.32. The first-order chi connectivity index (χ1) is 16.6. The van der Waals surface area contributed by atoms with Crippen LogP contribution in [-0.4, -0.2) is 36.0 Å². The number of anilines is 1. The molecule has 1 aromatic heterocycles. The predicted octanol–water partition coefficient (Wildman–Crippen LogP) is 7.45. The minimum atomic E-state index is -0.703. The van der Waals surface area contributed by atoms with E-state index in [4.69, 9.17) is 26.5 Å². The number of benzene rings is 1. The number of rotatable bonds is 6. The first kappa shape index (κ1) is 26.4. The lowest BCUT2D eigenvalue weighted by Crippen LogP contribution is -2.42. The van der Waals surface area contributed by atoms with Gasteiger partial charge in [-0.05, 0) is 75.6 Å². The Labute approximate surface area is 210 Å². The number of hydrogen-bond acceptors (Lipinski definition) is 5. The Hall–Kier alpha value is -3.19. The second-order valence-electron chi connectivity index (χ2n) is 9.17. The number of amides is 1. The van der Waals surface area contributed by atoms with Gasteiger partial charge >= 0.3 is 6.09 Å². The van der Waals surface area contributed by atoms with Gasteiger partial charge in [-0.25, -0.2) is 14.2 Å². The summed E-state index contributed by atoms with van der Waals surface area (Å²) in [5, 5.41) is 8.15. The van der Waals surface area contributed by atoms with Gasteiger partial charge < -0.3 is 14.9 Å². The molecule has 186 valence electrons. The second-order valence-corrected chi connectivity index (χ2v) is 9.61. The smallest absolute Gasteiger partial charge is 0.416 e. The molecule has 2 heterocycles. The Bertz CT molecular complexity index is 1180. The predicted molar refractivity (Wildman–Crippen MR) is 139 cm³/mol. The Balaban J connectivity index is 2.27. The fourth-order valence-corrected chi connectivity index (χ4v) is 3.89. The van der Waals surface area contributed by atoms with Gasteiger partial charge in [0, 0.05) is 22.4 Å². The maximum atomic E-state index is 14.9. The lowest BCUT2D eigenvalue weighted by molar-refractivity contribution is 0.0566. The summed E-state index contributed by atoms with van der Waals surface area (Å²) in [5.74, 6) is 0.160. The lowest BCUT2D eigenvalue weighted by Gasteiger charge is -2.32. The second kappa shape index (κ2) is 11.0. The van der Waals surface area contributed by atoms with Gasteiger partial charge in [0.1, 0.15) is 18.0 Å². The molecule has 6 nitrogen and oxygen atoms in total. The molecular weight excluding hydrogens is 469 g/mol. The van der Waals surface area contributed by atoms with Crippen LogP contribution in [0.2, 0.25) is 5.02 Å². The number of allylic oxidation sites excluding steroid dienone is 4. The molecule has 1 amide bonds. The van der Waals surface area contributed by atoms with Crippen molar-refractivity contribution in [1.29, 1.82) is 5.41 Å². The van der Waals surface area contributed by atoms with Gasteiger partial charge in [0.25, 0.3) is 0 Å². The maximum absolute atomic E-state index is 14.9. The molecule has 1 N–H and O–H groups in total. The largest absolute Gasteiger partial charge is 0.487 e. The Morgan fingerprint density at radius 3 is 2.71 bits per heavy atom. The van der Waals surface area contributed by atoms with E-state index in [-0.39, 0.29) is 24.5 Å². The highest BCUT2D eigenvalue weighted by atomic mass is 35.5. The summed E-state index contributed by atoms with van der Waals surface area (Å²) in [6, 6.07) is 5.98. The third kappa shape index (κ3) is 6.28. The normalized spacial score (nSPS) is 14.3. The minimum absolute atomic E-state index is 0.205. The molecule has 1 aromatic carbocycles. The zero-order chi connectivity index (χ0) is 25.8. The summed E-state index contributed by atoms with van der Waals surface area (Å²) >= 11 is 6.16. The summed E-state index contributed by atoms with van der Waals surface area (Å²) in [7, 11) is 0. The van der Waals surface area contributed by atoms with Crippen molar-refractivity contribution < 1.29 is 18.7 Å². The summed E-state index contributed by atoms with van der Waals surface area (Å²) < 4.78 is 26.5. The average molecular weight is 500 g/mol. The quantitative estimate of drug-likeness (QED) is 0.330. The van der Waals surface area contributed by atoms with E-state index in [2.05, 4.69) is 4.98 Å². The van der Waals surface area contributed by atoms with Gasteiger partial charge in [-0.2, -0.15) is 0 Å². The zero-order valence-electron chi connectivity index (χ0n) is 20.7. The SMILES string of the molecule is C/C=C(\C=C(/C=N)CCC)c1cc(-c2cc(Cl)ccc2F)nc2c1OCCN2C(=O)OC(C)(C)C. The van der Waals surface area contributed by atoms with E-state index in [1.165, 1.54) is 29.3 Å². The van der Waals surface area contributed by atoms with E-state index in [1.54, 1.807) is 26.8 Å². The van der Waals surface area contributed by atoms with Crippen molar-refractivity contribution in [1.82, 2.24) is 4.98 Å². The van der Waals surface area contributed by atoms with Gasteiger partial charge in [0.15, 0.2) is 11.6 Å². The number of nitrogens with one attached hydrogen (secondary N) is 1. The number of halogens is 2. The number of carbonyl (C=O) groups is 1. The molecule has 1 aliphatic rings. The topological polar surface area (TPSA) is 75.5 Å². The molecule has 0 bridgehead atoms. The van der Waals surface area contributed by atoms with Crippen LogP contribution in [0.4, 0.5) is 15.0 Å². The van der Waals surface area contributed by atoms with Crippen molar-refractivity contribution in [2.45, 2.75) is 53.1 Å². The summed E-state index contributed by atoms with van der Waals surface area (Å²) in [5.41, 5.74) is 2.04. The number of pyridine rings is 1. The number of carbonyl (C=O) groups excluding carboxylic acids is 1. The van der Waals surface area contributed by atoms with Crippen molar-refractivity contribution in [2.24, 2.45) is 0 Å². The monoisotopic (exact) mass is 499 g/mol. The van der Waals surface area contributed by atoms with Gasteiger partial charge in [-0.3, -0.25) is 4.90 Å².